The van der Waals surface area contributed by atoms with Crippen LogP contribution in [-0.2, 0) is 9.53 Å². The summed E-state index contributed by atoms with van der Waals surface area (Å²) in [6.45, 7) is 5.75. The summed E-state index contributed by atoms with van der Waals surface area (Å²) in [5.41, 5.74) is 7.49. The largest absolute Gasteiger partial charge is 0.460 e. The van der Waals surface area contributed by atoms with Crippen molar-refractivity contribution in [1.82, 2.24) is 14.6 Å². The number of nitrogen functional groups attached to an aromatic ring is 1. The molecular formula is C18H25BrN4O2. The van der Waals surface area contributed by atoms with E-state index >= 15 is 0 Å². The maximum absolute atomic E-state index is 12.4. The van der Waals surface area contributed by atoms with Crippen LogP contribution in [0.15, 0.2) is 16.9 Å². The molecule has 0 bridgehead atoms. The van der Waals surface area contributed by atoms with Gasteiger partial charge in [0.25, 0.3) is 0 Å². The van der Waals surface area contributed by atoms with E-state index in [0.717, 1.165) is 47.8 Å². The number of fused-ring (bicyclic) bond motifs is 1. The first kappa shape index (κ1) is 18.2. The Morgan fingerprint density at radius 3 is 2.80 bits per heavy atom. The number of ether oxygens (including phenoxy) is 1. The summed E-state index contributed by atoms with van der Waals surface area (Å²) in [5, 5.41) is 4.38. The van der Waals surface area contributed by atoms with Crippen LogP contribution in [-0.4, -0.2) is 26.2 Å². The quantitative estimate of drug-likeness (QED) is 0.597. The minimum absolute atomic E-state index is 0.0152. The Morgan fingerprint density at radius 1 is 1.32 bits per heavy atom. The molecule has 2 aromatic rings. The van der Waals surface area contributed by atoms with E-state index in [4.69, 9.17) is 10.5 Å². The molecule has 0 radical (unpaired) electrons. The third kappa shape index (κ3) is 3.97. The fourth-order valence-corrected chi connectivity index (χ4v) is 4.16. The number of aromatic nitrogens is 3. The summed E-state index contributed by atoms with van der Waals surface area (Å²) in [5.74, 6) is 0.730. The highest BCUT2D eigenvalue weighted by Gasteiger charge is 2.30. The van der Waals surface area contributed by atoms with Crippen LogP contribution in [0.1, 0.15) is 64.5 Å². The van der Waals surface area contributed by atoms with Crippen molar-refractivity contribution in [3.05, 3.63) is 22.6 Å². The van der Waals surface area contributed by atoms with Gasteiger partial charge in [0.2, 0.25) is 0 Å². The number of anilines is 1. The number of rotatable bonds is 2. The molecule has 2 aromatic heterocycles. The van der Waals surface area contributed by atoms with E-state index in [0.29, 0.717) is 11.7 Å². The lowest BCUT2D eigenvalue weighted by Crippen LogP contribution is -2.28. The molecule has 2 N–H and O–H groups in total. The molecule has 1 saturated carbocycles. The molecule has 25 heavy (non-hydrogen) atoms. The second-order valence-electron chi connectivity index (χ2n) is 7.76. The minimum atomic E-state index is -0.431. The smallest absolute Gasteiger partial charge is 0.309 e. The van der Waals surface area contributed by atoms with Gasteiger partial charge in [0.15, 0.2) is 5.82 Å². The van der Waals surface area contributed by atoms with Gasteiger partial charge in [0.05, 0.1) is 5.92 Å². The summed E-state index contributed by atoms with van der Waals surface area (Å²) in [6.07, 6.45) is 6.17. The highest BCUT2D eigenvalue weighted by Crippen LogP contribution is 2.38. The van der Waals surface area contributed by atoms with E-state index in [1.807, 2.05) is 25.3 Å². The van der Waals surface area contributed by atoms with Crippen LogP contribution in [0.5, 0.6) is 0 Å². The van der Waals surface area contributed by atoms with Crippen LogP contribution in [0.25, 0.3) is 5.52 Å². The van der Waals surface area contributed by atoms with Crippen LogP contribution >= 0.6 is 15.9 Å². The molecule has 2 unspecified atom stereocenters. The molecule has 0 amide bonds. The average Bonchev–Trinajstić information content (AvgIpc) is 2.70. The normalized spacial score (nSPS) is 21.9. The molecule has 3 rings (SSSR count). The fraction of sp³-hybridized carbons (Fsp3) is 0.611. The highest BCUT2D eigenvalue weighted by atomic mass is 79.9. The van der Waals surface area contributed by atoms with Crippen molar-refractivity contribution < 1.29 is 9.53 Å². The molecule has 0 spiro atoms. The summed E-state index contributed by atoms with van der Waals surface area (Å²) >= 11 is 3.57. The van der Waals surface area contributed by atoms with Gasteiger partial charge in [0.1, 0.15) is 17.4 Å². The predicted octanol–water partition coefficient (Wildman–Crippen LogP) is 4.08. The summed E-state index contributed by atoms with van der Waals surface area (Å²) in [4.78, 5) is 16.5. The SMILES string of the molecule is CC(C)(C)OC(=O)C1CCCC(c2cc(Br)c3c(N)ncnn23)CC1. The Bertz CT molecular complexity index is 781. The molecule has 7 heteroatoms. The average molecular weight is 409 g/mol. The van der Waals surface area contributed by atoms with Gasteiger partial charge in [-0.2, -0.15) is 5.10 Å². The zero-order valence-electron chi connectivity index (χ0n) is 15.0. The zero-order chi connectivity index (χ0) is 18.2. The Labute approximate surface area is 156 Å². The third-order valence-electron chi connectivity index (χ3n) is 4.69. The molecule has 6 nitrogen and oxygen atoms in total. The lowest BCUT2D eigenvalue weighted by atomic mass is 9.95. The highest BCUT2D eigenvalue weighted by molar-refractivity contribution is 9.10. The lowest BCUT2D eigenvalue weighted by molar-refractivity contribution is -0.160. The molecule has 0 aromatic carbocycles. The number of carbonyl (C=O) groups is 1. The second kappa shape index (κ2) is 6.94. The van der Waals surface area contributed by atoms with Gasteiger partial charge >= 0.3 is 5.97 Å². The van der Waals surface area contributed by atoms with E-state index in [1.54, 1.807) is 0 Å². The molecule has 1 aliphatic rings. The Morgan fingerprint density at radius 2 is 2.08 bits per heavy atom. The summed E-state index contributed by atoms with van der Waals surface area (Å²) in [7, 11) is 0. The van der Waals surface area contributed by atoms with Crippen LogP contribution in [0.4, 0.5) is 5.82 Å². The van der Waals surface area contributed by atoms with Gasteiger partial charge in [-0.05, 0) is 68.5 Å². The molecular weight excluding hydrogens is 384 g/mol. The zero-order valence-corrected chi connectivity index (χ0v) is 16.5. The fourth-order valence-electron chi connectivity index (χ4n) is 3.55. The molecule has 1 aliphatic carbocycles. The van der Waals surface area contributed by atoms with Crippen LogP contribution in [0, 0.1) is 5.92 Å². The van der Waals surface area contributed by atoms with E-state index in [2.05, 4.69) is 32.1 Å². The van der Waals surface area contributed by atoms with E-state index in [1.165, 1.54) is 6.33 Å². The standard InChI is InChI=1S/C18H25BrN4O2/c1-18(2,3)25-17(24)12-6-4-5-11(7-8-12)14-9-13(19)15-16(20)21-10-22-23(14)15/h9-12H,4-8H2,1-3H3,(H2,20,21,22). The van der Waals surface area contributed by atoms with Crippen LogP contribution in [0.3, 0.4) is 0 Å². The van der Waals surface area contributed by atoms with Crippen molar-refractivity contribution in [3.8, 4) is 0 Å². The van der Waals surface area contributed by atoms with Gasteiger partial charge in [-0.25, -0.2) is 9.50 Å². The third-order valence-corrected chi connectivity index (χ3v) is 5.30. The monoisotopic (exact) mass is 408 g/mol. The minimum Gasteiger partial charge on any atom is -0.460 e. The van der Waals surface area contributed by atoms with Crippen molar-refractivity contribution in [2.75, 3.05) is 5.73 Å². The van der Waals surface area contributed by atoms with Crippen molar-refractivity contribution in [2.24, 2.45) is 5.92 Å². The topological polar surface area (TPSA) is 82.5 Å². The maximum atomic E-state index is 12.4. The van der Waals surface area contributed by atoms with Crippen LogP contribution < -0.4 is 5.73 Å². The molecule has 2 heterocycles. The molecule has 1 fully saturated rings. The van der Waals surface area contributed by atoms with Gasteiger partial charge in [-0.15, -0.1) is 0 Å². The number of nitrogens with two attached hydrogens (primary N) is 1. The van der Waals surface area contributed by atoms with E-state index < -0.39 is 5.60 Å². The maximum Gasteiger partial charge on any atom is 0.309 e. The molecule has 0 aliphatic heterocycles. The van der Waals surface area contributed by atoms with E-state index in [-0.39, 0.29) is 11.9 Å². The Kier molecular flexibility index (Phi) is 5.04. The number of nitrogens with zero attached hydrogens (tertiary/aromatic N) is 3. The number of halogens is 1. The van der Waals surface area contributed by atoms with Crippen molar-refractivity contribution >= 4 is 33.2 Å². The van der Waals surface area contributed by atoms with Crippen LogP contribution in [0.2, 0.25) is 0 Å². The van der Waals surface area contributed by atoms with Gasteiger partial charge in [-0.3, -0.25) is 4.79 Å². The second-order valence-corrected chi connectivity index (χ2v) is 8.61. The number of hydrogen-bond donors (Lipinski definition) is 1. The lowest BCUT2D eigenvalue weighted by Gasteiger charge is -2.23. The van der Waals surface area contributed by atoms with E-state index in [9.17, 15) is 4.79 Å². The van der Waals surface area contributed by atoms with Crippen molar-refractivity contribution in [1.29, 1.82) is 0 Å². The van der Waals surface area contributed by atoms with Gasteiger partial charge in [-0.1, -0.05) is 6.42 Å². The molecule has 2 atom stereocenters. The van der Waals surface area contributed by atoms with Crippen molar-refractivity contribution in [2.45, 2.75) is 64.4 Å². The van der Waals surface area contributed by atoms with Gasteiger partial charge < -0.3 is 10.5 Å². The first-order valence-corrected chi connectivity index (χ1v) is 9.56. The number of hydrogen-bond acceptors (Lipinski definition) is 5. The first-order chi connectivity index (χ1) is 11.8. The molecule has 136 valence electrons. The Balaban J connectivity index is 1.78. The number of carbonyl (C=O) groups excluding carboxylic acids is 1. The predicted molar refractivity (Wildman–Crippen MR) is 100 cm³/mol. The van der Waals surface area contributed by atoms with Crippen molar-refractivity contribution in [3.63, 3.8) is 0 Å². The first-order valence-electron chi connectivity index (χ1n) is 8.76. The summed E-state index contributed by atoms with van der Waals surface area (Å²) < 4.78 is 8.37. The molecule has 0 saturated heterocycles. The summed E-state index contributed by atoms with van der Waals surface area (Å²) in [6, 6.07) is 2.08. The number of esters is 1. The van der Waals surface area contributed by atoms with Gasteiger partial charge in [0, 0.05) is 16.1 Å². The Hall–Kier alpha value is -1.63.